The summed E-state index contributed by atoms with van der Waals surface area (Å²) in [5.74, 6) is -0.105. The van der Waals surface area contributed by atoms with E-state index in [4.69, 9.17) is 8.83 Å². The van der Waals surface area contributed by atoms with Gasteiger partial charge >= 0.3 is 5.78 Å². The SMILES string of the molecule is CN1CCC(NC(=O)c2cc3c(=O)c4ccccc4oc3o2)CC1. The van der Waals surface area contributed by atoms with Gasteiger partial charge in [0, 0.05) is 12.1 Å². The first kappa shape index (κ1) is 15.0. The zero-order valence-electron chi connectivity index (χ0n) is 13.4. The van der Waals surface area contributed by atoms with Crippen LogP contribution in [-0.2, 0) is 0 Å². The monoisotopic (exact) mass is 326 g/mol. The van der Waals surface area contributed by atoms with Crippen LogP contribution in [0.2, 0.25) is 0 Å². The number of benzene rings is 1. The second-order valence-electron chi connectivity index (χ2n) is 6.29. The molecule has 3 aromatic rings. The number of fused-ring (bicyclic) bond motifs is 2. The maximum atomic E-state index is 12.5. The first-order valence-electron chi connectivity index (χ1n) is 8.06. The third-order valence-electron chi connectivity index (χ3n) is 4.55. The molecule has 1 aromatic carbocycles. The molecule has 2 aromatic heterocycles. The van der Waals surface area contributed by atoms with Crippen LogP contribution in [-0.4, -0.2) is 37.0 Å². The van der Waals surface area contributed by atoms with Gasteiger partial charge in [0.1, 0.15) is 11.0 Å². The highest BCUT2D eigenvalue weighted by atomic mass is 16.5. The van der Waals surface area contributed by atoms with E-state index >= 15 is 0 Å². The number of nitrogens with zero attached hydrogens (tertiary/aromatic N) is 1. The lowest BCUT2D eigenvalue weighted by Crippen LogP contribution is -2.43. The van der Waals surface area contributed by atoms with Gasteiger partial charge in [0.2, 0.25) is 5.43 Å². The van der Waals surface area contributed by atoms with Crippen molar-refractivity contribution in [1.82, 2.24) is 10.2 Å². The van der Waals surface area contributed by atoms with Crippen molar-refractivity contribution in [3.8, 4) is 0 Å². The number of carbonyl (C=O) groups is 1. The molecule has 0 spiro atoms. The standard InChI is InChI=1S/C18H18N2O4/c1-20-8-6-11(7-9-20)19-17(22)15-10-13-16(21)12-4-2-3-5-14(12)23-18(13)24-15/h2-5,10-11H,6-9H2,1H3,(H,19,22). The molecule has 0 bridgehead atoms. The van der Waals surface area contributed by atoms with Gasteiger partial charge < -0.3 is 19.1 Å². The van der Waals surface area contributed by atoms with Gasteiger partial charge in [-0.25, -0.2) is 0 Å². The topological polar surface area (TPSA) is 75.7 Å². The van der Waals surface area contributed by atoms with Crippen LogP contribution in [0.3, 0.4) is 0 Å². The van der Waals surface area contributed by atoms with Gasteiger partial charge in [-0.2, -0.15) is 0 Å². The molecule has 6 heteroatoms. The highest BCUT2D eigenvalue weighted by molar-refractivity contribution is 5.97. The molecule has 1 amide bonds. The fourth-order valence-corrected chi connectivity index (χ4v) is 3.12. The van der Waals surface area contributed by atoms with E-state index in [1.165, 1.54) is 6.07 Å². The summed E-state index contributed by atoms with van der Waals surface area (Å²) in [5, 5.41) is 3.75. The molecule has 124 valence electrons. The number of hydrogen-bond acceptors (Lipinski definition) is 5. The number of carbonyl (C=O) groups excluding carboxylic acids is 1. The van der Waals surface area contributed by atoms with E-state index in [0.29, 0.717) is 16.4 Å². The lowest BCUT2D eigenvalue weighted by Gasteiger charge is -2.29. The van der Waals surface area contributed by atoms with Crippen molar-refractivity contribution < 1.29 is 13.6 Å². The lowest BCUT2D eigenvalue weighted by atomic mass is 10.1. The second-order valence-corrected chi connectivity index (χ2v) is 6.29. The van der Waals surface area contributed by atoms with Crippen LogP contribution < -0.4 is 10.7 Å². The fourth-order valence-electron chi connectivity index (χ4n) is 3.12. The maximum absolute atomic E-state index is 12.5. The summed E-state index contributed by atoms with van der Waals surface area (Å²) in [6, 6.07) is 8.57. The number of hydrogen-bond donors (Lipinski definition) is 1. The molecule has 24 heavy (non-hydrogen) atoms. The maximum Gasteiger partial charge on any atom is 0.302 e. The Morgan fingerprint density at radius 1 is 1.17 bits per heavy atom. The van der Waals surface area contributed by atoms with E-state index in [1.807, 2.05) is 0 Å². The molecule has 1 saturated heterocycles. The second kappa shape index (κ2) is 5.79. The first-order valence-corrected chi connectivity index (χ1v) is 8.06. The summed E-state index contributed by atoms with van der Waals surface area (Å²) in [6.07, 6.45) is 1.81. The Labute approximate surface area is 138 Å². The molecule has 0 radical (unpaired) electrons. The van der Waals surface area contributed by atoms with Gasteiger partial charge in [0.15, 0.2) is 5.76 Å². The molecule has 1 aliphatic rings. The minimum atomic E-state index is -0.306. The van der Waals surface area contributed by atoms with Crippen molar-refractivity contribution in [3.05, 3.63) is 46.3 Å². The predicted molar refractivity (Wildman–Crippen MR) is 90.2 cm³/mol. The number of likely N-dealkylation sites (tertiary alicyclic amines) is 1. The summed E-state index contributed by atoms with van der Waals surface area (Å²) < 4.78 is 11.1. The molecular formula is C18H18N2O4. The largest absolute Gasteiger partial charge is 0.425 e. The number of amides is 1. The van der Waals surface area contributed by atoms with Crippen LogP contribution in [0.25, 0.3) is 22.1 Å². The van der Waals surface area contributed by atoms with Gasteiger partial charge in [-0.15, -0.1) is 0 Å². The Morgan fingerprint density at radius 2 is 1.92 bits per heavy atom. The Balaban J connectivity index is 1.65. The molecule has 1 fully saturated rings. The molecule has 0 aliphatic carbocycles. The average Bonchev–Trinajstić information content (AvgIpc) is 3.02. The van der Waals surface area contributed by atoms with E-state index in [-0.39, 0.29) is 28.9 Å². The number of para-hydroxylation sites is 1. The molecule has 6 nitrogen and oxygen atoms in total. The van der Waals surface area contributed by atoms with Crippen molar-refractivity contribution >= 4 is 28.0 Å². The number of rotatable bonds is 2. The quantitative estimate of drug-likeness (QED) is 0.782. The zero-order chi connectivity index (χ0) is 16.7. The average molecular weight is 326 g/mol. The van der Waals surface area contributed by atoms with Crippen molar-refractivity contribution in [1.29, 1.82) is 0 Å². The van der Waals surface area contributed by atoms with Crippen molar-refractivity contribution in [3.63, 3.8) is 0 Å². The molecule has 3 heterocycles. The van der Waals surface area contributed by atoms with Gasteiger partial charge in [0.05, 0.1) is 5.39 Å². The Bertz CT molecular complexity index is 964. The Hall–Kier alpha value is -2.60. The van der Waals surface area contributed by atoms with E-state index < -0.39 is 0 Å². The highest BCUT2D eigenvalue weighted by Crippen LogP contribution is 2.22. The lowest BCUT2D eigenvalue weighted by molar-refractivity contribution is 0.0889. The summed E-state index contributed by atoms with van der Waals surface area (Å²) >= 11 is 0. The van der Waals surface area contributed by atoms with Crippen LogP contribution in [0, 0.1) is 0 Å². The predicted octanol–water partition coefficient (Wildman–Crippen LogP) is 2.36. The highest BCUT2D eigenvalue weighted by Gasteiger charge is 2.22. The van der Waals surface area contributed by atoms with Crippen LogP contribution in [0.1, 0.15) is 23.4 Å². The summed E-state index contributed by atoms with van der Waals surface area (Å²) in [5.41, 5.74) is 0.264. The number of nitrogens with one attached hydrogen (secondary N) is 1. The minimum absolute atomic E-state index is 0.0900. The van der Waals surface area contributed by atoms with E-state index in [1.54, 1.807) is 24.3 Å². The Morgan fingerprint density at radius 3 is 2.71 bits per heavy atom. The van der Waals surface area contributed by atoms with Gasteiger partial charge in [0.25, 0.3) is 5.91 Å². The molecule has 1 aliphatic heterocycles. The van der Waals surface area contributed by atoms with Crippen LogP contribution >= 0.6 is 0 Å². The van der Waals surface area contributed by atoms with Gasteiger partial charge in [-0.05, 0) is 45.1 Å². The van der Waals surface area contributed by atoms with Crippen LogP contribution in [0.15, 0.2) is 44.0 Å². The molecular weight excluding hydrogens is 308 g/mol. The minimum Gasteiger partial charge on any atom is -0.425 e. The third-order valence-corrected chi connectivity index (χ3v) is 4.55. The normalized spacial score (nSPS) is 16.7. The first-order chi connectivity index (χ1) is 11.6. The molecule has 0 saturated carbocycles. The van der Waals surface area contributed by atoms with Crippen molar-refractivity contribution in [2.75, 3.05) is 20.1 Å². The van der Waals surface area contributed by atoms with Crippen molar-refractivity contribution in [2.45, 2.75) is 18.9 Å². The summed E-state index contributed by atoms with van der Waals surface area (Å²) in [7, 11) is 2.07. The number of piperidine rings is 1. The third kappa shape index (κ3) is 2.59. The summed E-state index contributed by atoms with van der Waals surface area (Å²) in [6.45, 7) is 1.91. The molecule has 0 unspecified atom stereocenters. The fraction of sp³-hybridized carbons (Fsp3) is 0.333. The van der Waals surface area contributed by atoms with Crippen molar-refractivity contribution in [2.24, 2.45) is 0 Å². The van der Waals surface area contributed by atoms with E-state index in [0.717, 1.165) is 25.9 Å². The Kier molecular flexibility index (Phi) is 3.61. The smallest absolute Gasteiger partial charge is 0.302 e. The molecule has 4 rings (SSSR count). The van der Waals surface area contributed by atoms with E-state index in [9.17, 15) is 9.59 Å². The molecule has 0 atom stereocenters. The van der Waals surface area contributed by atoms with Crippen LogP contribution in [0.5, 0.6) is 0 Å². The molecule has 1 N–H and O–H groups in total. The van der Waals surface area contributed by atoms with Crippen LogP contribution in [0.4, 0.5) is 0 Å². The zero-order valence-corrected chi connectivity index (χ0v) is 13.4. The number of furan rings is 1. The van der Waals surface area contributed by atoms with Gasteiger partial charge in [-0.1, -0.05) is 12.1 Å². The van der Waals surface area contributed by atoms with Gasteiger partial charge in [-0.3, -0.25) is 9.59 Å². The summed E-state index contributed by atoms with van der Waals surface area (Å²) in [4.78, 5) is 27.1. The van der Waals surface area contributed by atoms with E-state index in [2.05, 4.69) is 17.3 Å².